The van der Waals surface area contributed by atoms with Crippen molar-refractivity contribution >= 4 is 18.2 Å². The fraction of sp³-hybridized carbons (Fsp3) is 0.875. The Morgan fingerprint density at radius 1 is 1.15 bits per heavy atom. The Kier molecular flexibility index (Phi) is 9.70. The van der Waals surface area contributed by atoms with E-state index in [4.69, 9.17) is 30.4 Å². The normalized spacial score (nSPS) is 40.2. The van der Waals surface area contributed by atoms with E-state index in [1.807, 2.05) is 0 Å². The minimum Gasteiger partial charge on any atom is -0.473 e. The molecule has 0 aromatic carbocycles. The van der Waals surface area contributed by atoms with E-state index in [9.17, 15) is 10.2 Å². The molecule has 33 heavy (non-hydrogen) atoms. The van der Waals surface area contributed by atoms with Gasteiger partial charge in [0.1, 0.15) is 6.61 Å². The van der Waals surface area contributed by atoms with E-state index >= 15 is 0 Å². The van der Waals surface area contributed by atoms with Crippen LogP contribution in [0.15, 0.2) is 5.16 Å². The summed E-state index contributed by atoms with van der Waals surface area (Å²) in [7, 11) is 0. The maximum absolute atomic E-state index is 11.3. The lowest BCUT2D eigenvalue weighted by Crippen LogP contribution is -2.57. The SMILES string of the molecule is CCC[C@@]1(C)CC[C@H]2[C@@H](CC[C@@H]3C[C@@H](O)C(/C=N/OCCN)C[C@@]32C)[C@@H]1O.O=C(O)C(=O)O. The molecule has 8 atom stereocenters. The number of carbonyl (C=O) groups is 2. The number of rotatable bonds is 6. The summed E-state index contributed by atoms with van der Waals surface area (Å²) in [5.74, 6) is -2.12. The Morgan fingerprint density at radius 2 is 1.82 bits per heavy atom. The van der Waals surface area contributed by atoms with Crippen LogP contribution in [0.5, 0.6) is 0 Å². The summed E-state index contributed by atoms with van der Waals surface area (Å²) in [6, 6.07) is 0. The van der Waals surface area contributed by atoms with Gasteiger partial charge in [0.25, 0.3) is 0 Å². The molecule has 190 valence electrons. The molecule has 0 spiro atoms. The zero-order chi connectivity index (χ0) is 24.8. The summed E-state index contributed by atoms with van der Waals surface area (Å²) >= 11 is 0. The van der Waals surface area contributed by atoms with Crippen LogP contribution < -0.4 is 5.73 Å². The Morgan fingerprint density at radius 3 is 2.39 bits per heavy atom. The van der Waals surface area contributed by atoms with Crippen molar-refractivity contribution in [1.82, 2.24) is 0 Å². The highest BCUT2D eigenvalue weighted by Crippen LogP contribution is 2.62. The quantitative estimate of drug-likeness (QED) is 0.171. The Labute approximate surface area is 196 Å². The molecule has 0 radical (unpaired) electrons. The van der Waals surface area contributed by atoms with Crippen LogP contribution in [0.2, 0.25) is 0 Å². The Balaban J connectivity index is 0.000000569. The van der Waals surface area contributed by atoms with Crippen molar-refractivity contribution in [2.75, 3.05) is 13.2 Å². The average Bonchev–Trinajstić information content (AvgIpc) is 2.75. The molecule has 0 saturated heterocycles. The van der Waals surface area contributed by atoms with E-state index in [2.05, 4.69) is 25.9 Å². The second kappa shape index (κ2) is 11.6. The zero-order valence-electron chi connectivity index (χ0n) is 20.2. The molecule has 0 aromatic rings. The molecule has 3 saturated carbocycles. The van der Waals surface area contributed by atoms with Crippen molar-refractivity contribution in [3.63, 3.8) is 0 Å². The van der Waals surface area contributed by atoms with Gasteiger partial charge < -0.3 is 31.0 Å². The summed E-state index contributed by atoms with van der Waals surface area (Å²) in [5.41, 5.74) is 5.68. The van der Waals surface area contributed by atoms with Crippen LogP contribution in [0, 0.1) is 34.5 Å². The van der Waals surface area contributed by atoms with Crippen molar-refractivity contribution < 1.29 is 34.9 Å². The second-order valence-electron chi connectivity index (χ2n) is 10.6. The van der Waals surface area contributed by atoms with Gasteiger partial charge in [0.15, 0.2) is 0 Å². The molecule has 0 bridgehead atoms. The van der Waals surface area contributed by atoms with Gasteiger partial charge >= 0.3 is 11.9 Å². The van der Waals surface area contributed by atoms with Crippen molar-refractivity contribution in [3.8, 4) is 0 Å². The number of aliphatic hydroxyl groups excluding tert-OH is 2. The van der Waals surface area contributed by atoms with Crippen LogP contribution >= 0.6 is 0 Å². The number of nitrogens with zero attached hydrogens (tertiary/aromatic N) is 1. The van der Waals surface area contributed by atoms with Crippen LogP contribution in [0.3, 0.4) is 0 Å². The van der Waals surface area contributed by atoms with Gasteiger partial charge in [0.05, 0.1) is 12.2 Å². The first-order valence-corrected chi connectivity index (χ1v) is 12.2. The molecule has 0 aromatic heterocycles. The predicted octanol–water partition coefficient (Wildman–Crippen LogP) is 2.48. The third kappa shape index (κ3) is 6.25. The van der Waals surface area contributed by atoms with Gasteiger partial charge in [-0.1, -0.05) is 32.3 Å². The van der Waals surface area contributed by atoms with Crippen LogP contribution in [0.1, 0.15) is 72.1 Å². The number of aliphatic hydroxyl groups is 2. The molecule has 0 aliphatic heterocycles. The highest BCUT2D eigenvalue weighted by molar-refractivity contribution is 6.27. The Bertz CT molecular complexity index is 690. The summed E-state index contributed by atoms with van der Waals surface area (Å²) < 4.78 is 0. The third-order valence-corrected chi connectivity index (χ3v) is 8.53. The van der Waals surface area contributed by atoms with Gasteiger partial charge in [0.2, 0.25) is 0 Å². The number of hydrogen-bond acceptors (Lipinski definition) is 7. The minimum atomic E-state index is -1.82. The first kappa shape index (κ1) is 27.5. The topological polar surface area (TPSA) is 163 Å². The first-order chi connectivity index (χ1) is 15.5. The number of carboxylic acid groups (broad SMARTS) is 2. The molecular weight excluding hydrogens is 428 g/mol. The number of fused-ring (bicyclic) bond motifs is 3. The second-order valence-corrected chi connectivity index (χ2v) is 10.6. The van der Waals surface area contributed by atoms with Crippen LogP contribution in [0.4, 0.5) is 0 Å². The molecule has 0 heterocycles. The van der Waals surface area contributed by atoms with E-state index in [0.29, 0.717) is 30.9 Å². The molecule has 0 amide bonds. The van der Waals surface area contributed by atoms with Gasteiger partial charge in [0, 0.05) is 18.7 Å². The van der Waals surface area contributed by atoms with E-state index in [-0.39, 0.29) is 29.0 Å². The van der Waals surface area contributed by atoms with Gasteiger partial charge in [-0.25, -0.2) is 9.59 Å². The smallest absolute Gasteiger partial charge is 0.414 e. The predicted molar refractivity (Wildman–Crippen MR) is 124 cm³/mol. The summed E-state index contributed by atoms with van der Waals surface area (Å²) in [4.78, 5) is 23.4. The van der Waals surface area contributed by atoms with E-state index < -0.39 is 11.9 Å². The number of carboxylic acids is 2. The molecular formula is C24H42N2O7. The lowest BCUT2D eigenvalue weighted by Gasteiger charge is -2.61. The number of oxime groups is 1. The highest BCUT2D eigenvalue weighted by atomic mass is 16.6. The lowest BCUT2D eigenvalue weighted by molar-refractivity contribution is -0.162. The van der Waals surface area contributed by atoms with Gasteiger partial charge in [-0.2, -0.15) is 0 Å². The lowest BCUT2D eigenvalue weighted by atomic mass is 9.45. The van der Waals surface area contributed by atoms with E-state index in [0.717, 1.165) is 44.9 Å². The largest absolute Gasteiger partial charge is 0.473 e. The van der Waals surface area contributed by atoms with Crippen LogP contribution in [0.25, 0.3) is 0 Å². The third-order valence-electron chi connectivity index (χ3n) is 8.53. The van der Waals surface area contributed by atoms with Crippen molar-refractivity contribution in [2.45, 2.75) is 84.3 Å². The molecule has 1 unspecified atom stereocenters. The van der Waals surface area contributed by atoms with Crippen LogP contribution in [-0.2, 0) is 14.4 Å². The number of hydrogen-bond donors (Lipinski definition) is 5. The van der Waals surface area contributed by atoms with Gasteiger partial charge in [-0.05, 0) is 73.5 Å². The van der Waals surface area contributed by atoms with Gasteiger partial charge in [-0.3, -0.25) is 0 Å². The highest BCUT2D eigenvalue weighted by Gasteiger charge is 2.57. The molecule has 3 fully saturated rings. The molecule has 3 aliphatic rings. The molecule has 9 nitrogen and oxygen atoms in total. The van der Waals surface area contributed by atoms with E-state index in [1.54, 1.807) is 6.21 Å². The van der Waals surface area contributed by atoms with Crippen molar-refractivity contribution in [1.29, 1.82) is 0 Å². The maximum Gasteiger partial charge on any atom is 0.414 e. The van der Waals surface area contributed by atoms with Crippen molar-refractivity contribution in [2.24, 2.45) is 45.4 Å². The van der Waals surface area contributed by atoms with Gasteiger partial charge in [-0.15, -0.1) is 0 Å². The standard InChI is InChI=1S/C22H40N2O3.C2H2O4/c1-4-8-21(2)9-7-18-17(20(21)26)6-5-16-12-19(25)15(13-22(16,18)3)14-24-27-11-10-23;3-1(4)2(5)6/h14-20,25-26H,4-13,23H2,1-3H3;(H,3,4)(H,5,6)/b24-14+;/t15?,16-,17-,18+,19-,20+,21+,22+;/m1./s1. The molecule has 6 N–H and O–H groups in total. The van der Waals surface area contributed by atoms with Crippen molar-refractivity contribution in [3.05, 3.63) is 0 Å². The molecule has 3 aliphatic carbocycles. The molecule has 9 heteroatoms. The minimum absolute atomic E-state index is 0.0314. The molecule has 3 rings (SSSR count). The van der Waals surface area contributed by atoms with E-state index in [1.165, 1.54) is 6.42 Å². The Hall–Kier alpha value is -1.71. The van der Waals surface area contributed by atoms with Crippen LogP contribution in [-0.4, -0.2) is 63.9 Å². The first-order valence-electron chi connectivity index (χ1n) is 12.2. The fourth-order valence-electron chi connectivity index (χ4n) is 6.83. The summed E-state index contributed by atoms with van der Waals surface area (Å²) in [6.07, 6.45) is 9.85. The summed E-state index contributed by atoms with van der Waals surface area (Å²) in [6.45, 7) is 7.79. The maximum atomic E-state index is 11.3. The number of aliphatic carboxylic acids is 2. The fourth-order valence-corrected chi connectivity index (χ4v) is 6.83. The summed E-state index contributed by atoms with van der Waals surface area (Å²) in [5, 5.41) is 40.8. The zero-order valence-corrected chi connectivity index (χ0v) is 20.2. The average molecular weight is 471 g/mol. The monoisotopic (exact) mass is 470 g/mol. The number of nitrogens with two attached hydrogens (primary N) is 1.